The first-order chi connectivity index (χ1) is 8.58. The monoisotopic (exact) mass is 267 g/mol. The van der Waals surface area contributed by atoms with Gasteiger partial charge in [-0.3, -0.25) is 0 Å². The lowest BCUT2D eigenvalue weighted by molar-refractivity contribution is 0.243. The summed E-state index contributed by atoms with van der Waals surface area (Å²) in [6.45, 7) is 1.43. The van der Waals surface area contributed by atoms with E-state index in [4.69, 9.17) is 11.6 Å². The van der Waals surface area contributed by atoms with Gasteiger partial charge in [0.15, 0.2) is 0 Å². The number of hydrogen-bond acceptors (Lipinski definition) is 2. The smallest absolute Gasteiger partial charge is 0.318 e. The van der Waals surface area contributed by atoms with Gasteiger partial charge in [0.05, 0.1) is 0 Å². The summed E-state index contributed by atoms with van der Waals surface area (Å²) < 4.78 is 0. The summed E-state index contributed by atoms with van der Waals surface area (Å²) in [4.78, 5) is 13.4. The summed E-state index contributed by atoms with van der Waals surface area (Å²) in [6, 6.07) is 7.19. The predicted molar refractivity (Wildman–Crippen MR) is 75.6 cm³/mol. The maximum atomic E-state index is 11.4. The number of amides is 2. The third kappa shape index (κ3) is 6.27. The molecule has 0 aromatic heterocycles. The van der Waals surface area contributed by atoms with Gasteiger partial charge in [-0.15, -0.1) is 0 Å². The molecule has 0 radical (unpaired) electrons. The lowest BCUT2D eigenvalue weighted by Gasteiger charge is -2.09. The van der Waals surface area contributed by atoms with Gasteiger partial charge in [-0.2, -0.15) is 0 Å². The van der Waals surface area contributed by atoms with Crippen molar-refractivity contribution in [3.8, 4) is 0 Å². The average Bonchev–Trinajstić information content (AvgIpc) is 2.28. The van der Waals surface area contributed by atoms with Crippen molar-refractivity contribution in [1.29, 1.82) is 0 Å². The number of hydrogen-bond donors (Lipinski definition) is 2. The lowest BCUT2D eigenvalue weighted by atomic mass is 10.2. The van der Waals surface area contributed by atoms with E-state index in [0.717, 1.165) is 12.1 Å². The zero-order valence-corrected chi connectivity index (χ0v) is 11.4. The first-order valence-electron chi connectivity index (χ1n) is 5.69. The molecule has 4 nitrogen and oxygen atoms in total. The average molecular weight is 268 g/mol. The van der Waals surface area contributed by atoms with Crippen LogP contribution in [0.4, 0.5) is 4.79 Å². The van der Waals surface area contributed by atoms with E-state index >= 15 is 0 Å². The highest BCUT2D eigenvalue weighted by atomic mass is 35.5. The van der Waals surface area contributed by atoms with E-state index in [0.29, 0.717) is 11.6 Å². The molecule has 1 aromatic carbocycles. The van der Waals surface area contributed by atoms with Crippen LogP contribution in [0.2, 0.25) is 5.02 Å². The van der Waals surface area contributed by atoms with Crippen LogP contribution >= 0.6 is 11.6 Å². The van der Waals surface area contributed by atoms with E-state index in [2.05, 4.69) is 10.6 Å². The predicted octanol–water partition coefficient (Wildman–Crippen LogP) is 2.17. The first kappa shape index (κ1) is 14.5. The number of nitrogens with zero attached hydrogens (tertiary/aromatic N) is 1. The van der Waals surface area contributed by atoms with Crippen LogP contribution in [0, 0.1) is 0 Å². The van der Waals surface area contributed by atoms with Crippen molar-refractivity contribution in [2.24, 2.45) is 0 Å². The first-order valence-corrected chi connectivity index (χ1v) is 6.07. The molecule has 0 saturated carbocycles. The number of carbonyl (C=O) groups excluding carboxylic acids is 1. The molecule has 0 unspecified atom stereocenters. The second-order valence-electron chi connectivity index (χ2n) is 4.09. The normalized spacial score (nSPS) is 10.9. The van der Waals surface area contributed by atoms with E-state index in [1.54, 1.807) is 18.3 Å². The Hall–Kier alpha value is -1.52. The Kier molecular flexibility index (Phi) is 6.25. The Morgan fingerprint density at radius 2 is 2.22 bits per heavy atom. The number of likely N-dealkylation sites (N-methyl/N-ethyl adjacent to an activating group) is 1. The molecule has 98 valence electrons. The van der Waals surface area contributed by atoms with Gasteiger partial charge in [-0.25, -0.2) is 4.79 Å². The Balaban J connectivity index is 2.29. The summed E-state index contributed by atoms with van der Waals surface area (Å²) >= 11 is 5.85. The Bertz CT molecular complexity index is 418. The molecular formula is C13H18ClN3O. The van der Waals surface area contributed by atoms with Gasteiger partial charge in [0, 0.05) is 24.3 Å². The standard InChI is InChI=1S/C13H18ClN3O/c1-17(2)9-8-16-13(18)15-7-6-11-4-3-5-12(14)10-11/h3-7,10H,8-9H2,1-2H3,(H2,15,16,18)/b7-6+. The maximum absolute atomic E-state index is 11.4. The van der Waals surface area contributed by atoms with Gasteiger partial charge in [-0.05, 0) is 37.9 Å². The number of benzene rings is 1. The van der Waals surface area contributed by atoms with E-state index in [1.807, 2.05) is 37.2 Å². The summed E-state index contributed by atoms with van der Waals surface area (Å²) in [7, 11) is 3.91. The zero-order valence-electron chi connectivity index (χ0n) is 10.6. The largest absolute Gasteiger partial charge is 0.337 e. The summed E-state index contributed by atoms with van der Waals surface area (Å²) in [5.41, 5.74) is 0.941. The fraction of sp³-hybridized carbons (Fsp3) is 0.308. The highest BCUT2D eigenvalue weighted by Crippen LogP contribution is 2.11. The van der Waals surface area contributed by atoms with E-state index in [9.17, 15) is 4.79 Å². The highest BCUT2D eigenvalue weighted by molar-refractivity contribution is 6.30. The van der Waals surface area contributed by atoms with Crippen molar-refractivity contribution in [2.45, 2.75) is 0 Å². The number of nitrogens with one attached hydrogen (secondary N) is 2. The molecule has 0 heterocycles. The van der Waals surface area contributed by atoms with Crippen molar-refractivity contribution in [3.63, 3.8) is 0 Å². The van der Waals surface area contributed by atoms with Gasteiger partial charge < -0.3 is 15.5 Å². The molecule has 0 aliphatic heterocycles. The molecule has 1 aromatic rings. The quantitative estimate of drug-likeness (QED) is 0.859. The summed E-state index contributed by atoms with van der Waals surface area (Å²) in [5.74, 6) is 0. The second kappa shape index (κ2) is 7.74. The van der Waals surface area contributed by atoms with Crippen LogP contribution in [0.3, 0.4) is 0 Å². The SMILES string of the molecule is CN(C)CCNC(=O)N/C=C/c1cccc(Cl)c1. The lowest BCUT2D eigenvalue weighted by Crippen LogP contribution is -2.36. The minimum atomic E-state index is -0.213. The number of rotatable bonds is 5. The van der Waals surface area contributed by atoms with Crippen LogP contribution in [0.15, 0.2) is 30.5 Å². The van der Waals surface area contributed by atoms with Gasteiger partial charge in [0.25, 0.3) is 0 Å². The Labute approximate surface area is 113 Å². The molecule has 0 aliphatic rings. The molecule has 0 atom stereocenters. The second-order valence-corrected chi connectivity index (χ2v) is 4.53. The van der Waals surface area contributed by atoms with Gasteiger partial charge >= 0.3 is 6.03 Å². The highest BCUT2D eigenvalue weighted by Gasteiger charge is 1.96. The molecule has 18 heavy (non-hydrogen) atoms. The molecular weight excluding hydrogens is 250 g/mol. The molecule has 0 bridgehead atoms. The fourth-order valence-corrected chi connectivity index (χ4v) is 1.47. The Morgan fingerprint density at radius 1 is 1.44 bits per heavy atom. The van der Waals surface area contributed by atoms with Crippen molar-refractivity contribution < 1.29 is 4.79 Å². The fourth-order valence-electron chi connectivity index (χ4n) is 1.27. The Morgan fingerprint density at radius 3 is 2.89 bits per heavy atom. The minimum Gasteiger partial charge on any atom is -0.337 e. The van der Waals surface area contributed by atoms with E-state index in [1.165, 1.54) is 0 Å². The van der Waals surface area contributed by atoms with E-state index in [-0.39, 0.29) is 6.03 Å². The van der Waals surface area contributed by atoms with Crippen LogP contribution in [0.25, 0.3) is 6.08 Å². The maximum Gasteiger partial charge on any atom is 0.318 e. The van der Waals surface area contributed by atoms with Crippen LogP contribution in [-0.2, 0) is 0 Å². The number of halogens is 1. The number of carbonyl (C=O) groups is 1. The van der Waals surface area contributed by atoms with Crippen molar-refractivity contribution in [3.05, 3.63) is 41.1 Å². The van der Waals surface area contributed by atoms with Crippen LogP contribution < -0.4 is 10.6 Å². The third-order valence-corrected chi connectivity index (χ3v) is 2.42. The van der Waals surface area contributed by atoms with E-state index < -0.39 is 0 Å². The van der Waals surface area contributed by atoms with Crippen molar-refractivity contribution >= 4 is 23.7 Å². The molecule has 5 heteroatoms. The molecule has 0 spiro atoms. The molecule has 2 amide bonds. The summed E-state index contributed by atoms with van der Waals surface area (Å²) in [5, 5.41) is 6.05. The van der Waals surface area contributed by atoms with Gasteiger partial charge in [0.1, 0.15) is 0 Å². The molecule has 2 N–H and O–H groups in total. The minimum absolute atomic E-state index is 0.213. The zero-order chi connectivity index (χ0) is 13.4. The molecule has 0 saturated heterocycles. The molecule has 1 rings (SSSR count). The van der Waals surface area contributed by atoms with Gasteiger partial charge in [0.2, 0.25) is 0 Å². The van der Waals surface area contributed by atoms with Crippen LogP contribution in [0.1, 0.15) is 5.56 Å². The van der Waals surface area contributed by atoms with Gasteiger partial charge in [-0.1, -0.05) is 23.7 Å². The van der Waals surface area contributed by atoms with Crippen LogP contribution in [0.5, 0.6) is 0 Å². The van der Waals surface area contributed by atoms with Crippen molar-refractivity contribution in [1.82, 2.24) is 15.5 Å². The molecule has 0 aliphatic carbocycles. The molecule has 0 fully saturated rings. The van der Waals surface area contributed by atoms with Crippen molar-refractivity contribution in [2.75, 3.05) is 27.2 Å². The topological polar surface area (TPSA) is 44.4 Å². The van der Waals surface area contributed by atoms with Crippen LogP contribution in [-0.4, -0.2) is 38.1 Å². The summed E-state index contributed by atoms with van der Waals surface area (Å²) in [6.07, 6.45) is 3.38. The third-order valence-electron chi connectivity index (χ3n) is 2.18. The number of urea groups is 1.